The minimum absolute atomic E-state index is 0.0212. The van der Waals surface area contributed by atoms with Gasteiger partial charge in [0.05, 0.1) is 19.3 Å². The third kappa shape index (κ3) is 5.34. The van der Waals surface area contributed by atoms with Crippen LogP contribution >= 0.6 is 11.8 Å². The molecule has 0 aliphatic carbocycles. The predicted molar refractivity (Wildman–Crippen MR) is 78.4 cm³/mol. The molecule has 1 unspecified atom stereocenters. The van der Waals surface area contributed by atoms with E-state index in [1.165, 1.54) is 18.9 Å². The Labute approximate surface area is 118 Å². The Hall–Kier alpha value is -1.49. The number of hydrogen-bond acceptors (Lipinski definition) is 4. The molecule has 104 valence electrons. The standard InChI is InChI=1S/C14H19NO3S/c1-11(9-14(17)18-3)19-10-13(16)15(2)12-7-5-4-6-8-12/h4-8,11H,9-10H2,1-3H3. The van der Waals surface area contributed by atoms with E-state index in [2.05, 4.69) is 4.74 Å². The Kier molecular flexibility index (Phi) is 6.42. The smallest absolute Gasteiger partial charge is 0.306 e. The third-order valence-electron chi connectivity index (χ3n) is 2.69. The van der Waals surface area contributed by atoms with Crippen LogP contribution in [0.4, 0.5) is 5.69 Å². The largest absolute Gasteiger partial charge is 0.469 e. The van der Waals surface area contributed by atoms with Crippen molar-refractivity contribution in [3.8, 4) is 0 Å². The summed E-state index contributed by atoms with van der Waals surface area (Å²) in [6.07, 6.45) is 0.323. The van der Waals surface area contributed by atoms with E-state index >= 15 is 0 Å². The SMILES string of the molecule is COC(=O)CC(C)SCC(=O)N(C)c1ccccc1. The van der Waals surface area contributed by atoms with Gasteiger partial charge in [-0.05, 0) is 12.1 Å². The molecule has 0 aliphatic heterocycles. The number of carbonyl (C=O) groups is 2. The van der Waals surface area contributed by atoms with Crippen molar-refractivity contribution in [2.24, 2.45) is 0 Å². The first kappa shape index (κ1) is 15.6. The van der Waals surface area contributed by atoms with Crippen LogP contribution < -0.4 is 4.90 Å². The summed E-state index contributed by atoms with van der Waals surface area (Å²) < 4.78 is 4.60. The van der Waals surface area contributed by atoms with Crippen LogP contribution in [-0.2, 0) is 14.3 Å². The van der Waals surface area contributed by atoms with Crippen LogP contribution in [-0.4, -0.2) is 37.0 Å². The van der Waals surface area contributed by atoms with Crippen LogP contribution in [0, 0.1) is 0 Å². The van der Waals surface area contributed by atoms with Crippen LogP contribution in [0.5, 0.6) is 0 Å². The summed E-state index contributed by atoms with van der Waals surface area (Å²) in [5.74, 6) is 0.126. The molecule has 0 saturated heterocycles. The minimum Gasteiger partial charge on any atom is -0.469 e. The molecule has 0 spiro atoms. The second-order valence-electron chi connectivity index (χ2n) is 4.19. The first-order valence-corrected chi connectivity index (χ1v) is 7.09. The molecule has 0 fully saturated rings. The molecular weight excluding hydrogens is 262 g/mol. The number of benzene rings is 1. The molecule has 1 rings (SSSR count). The average Bonchev–Trinajstić information content (AvgIpc) is 2.44. The van der Waals surface area contributed by atoms with Crippen LogP contribution in [0.2, 0.25) is 0 Å². The van der Waals surface area contributed by atoms with E-state index in [9.17, 15) is 9.59 Å². The lowest BCUT2D eigenvalue weighted by Crippen LogP contribution is -2.28. The maximum Gasteiger partial charge on any atom is 0.306 e. The van der Waals surface area contributed by atoms with Crippen LogP contribution in [0.15, 0.2) is 30.3 Å². The van der Waals surface area contributed by atoms with Gasteiger partial charge in [-0.1, -0.05) is 25.1 Å². The number of nitrogens with zero attached hydrogens (tertiary/aromatic N) is 1. The molecule has 0 aliphatic rings. The number of ether oxygens (including phenoxy) is 1. The summed E-state index contributed by atoms with van der Waals surface area (Å²) in [6, 6.07) is 9.48. The molecule has 1 aromatic carbocycles. The number of para-hydroxylation sites is 1. The number of carbonyl (C=O) groups excluding carboxylic acids is 2. The lowest BCUT2D eigenvalue weighted by atomic mass is 10.3. The molecule has 1 atom stereocenters. The first-order valence-electron chi connectivity index (χ1n) is 6.04. The normalized spacial score (nSPS) is 11.7. The molecule has 0 bridgehead atoms. The molecule has 4 nitrogen and oxygen atoms in total. The predicted octanol–water partition coefficient (Wildman–Crippen LogP) is 2.33. The highest BCUT2D eigenvalue weighted by Crippen LogP contribution is 2.17. The van der Waals surface area contributed by atoms with E-state index in [0.29, 0.717) is 12.2 Å². The maximum atomic E-state index is 12.0. The van der Waals surface area contributed by atoms with Crippen molar-refractivity contribution in [1.29, 1.82) is 0 Å². The molecule has 19 heavy (non-hydrogen) atoms. The zero-order valence-electron chi connectivity index (χ0n) is 11.5. The van der Waals surface area contributed by atoms with Crippen molar-refractivity contribution in [2.45, 2.75) is 18.6 Å². The van der Waals surface area contributed by atoms with Gasteiger partial charge in [-0.25, -0.2) is 0 Å². The van der Waals surface area contributed by atoms with Gasteiger partial charge in [-0.2, -0.15) is 0 Å². The highest BCUT2D eigenvalue weighted by molar-refractivity contribution is 8.00. The minimum atomic E-state index is -0.246. The zero-order valence-corrected chi connectivity index (χ0v) is 12.3. The Bertz CT molecular complexity index is 422. The number of amides is 1. The van der Waals surface area contributed by atoms with E-state index in [1.54, 1.807) is 11.9 Å². The fourth-order valence-corrected chi connectivity index (χ4v) is 2.36. The van der Waals surface area contributed by atoms with Crippen molar-refractivity contribution in [1.82, 2.24) is 0 Å². The van der Waals surface area contributed by atoms with Gasteiger partial charge >= 0.3 is 5.97 Å². The monoisotopic (exact) mass is 281 g/mol. The number of methoxy groups -OCH3 is 1. The number of anilines is 1. The van der Waals surface area contributed by atoms with Crippen LogP contribution in [0.1, 0.15) is 13.3 Å². The summed E-state index contributed by atoms with van der Waals surface area (Å²) in [5, 5.41) is 0.0700. The number of rotatable bonds is 6. The van der Waals surface area contributed by atoms with Gasteiger partial charge < -0.3 is 9.64 Å². The Balaban J connectivity index is 2.41. The van der Waals surface area contributed by atoms with Gasteiger partial charge in [0.25, 0.3) is 0 Å². The van der Waals surface area contributed by atoms with Crippen molar-refractivity contribution in [2.75, 3.05) is 24.8 Å². The Morgan fingerprint density at radius 2 is 1.95 bits per heavy atom. The zero-order chi connectivity index (χ0) is 14.3. The quantitative estimate of drug-likeness (QED) is 0.751. The number of hydrogen-bond donors (Lipinski definition) is 0. The second kappa shape index (κ2) is 7.84. The van der Waals surface area contributed by atoms with Gasteiger partial charge in [-0.3, -0.25) is 9.59 Å². The van der Waals surface area contributed by atoms with Crippen LogP contribution in [0.25, 0.3) is 0 Å². The highest BCUT2D eigenvalue weighted by atomic mass is 32.2. The Morgan fingerprint density at radius 1 is 1.32 bits per heavy atom. The molecule has 0 N–H and O–H groups in total. The molecule has 0 heterocycles. The topological polar surface area (TPSA) is 46.6 Å². The second-order valence-corrected chi connectivity index (χ2v) is 5.62. The molecular formula is C14H19NO3S. The van der Waals surface area contributed by atoms with Crippen molar-refractivity contribution < 1.29 is 14.3 Å². The van der Waals surface area contributed by atoms with E-state index in [0.717, 1.165) is 5.69 Å². The summed E-state index contributed by atoms with van der Waals surface area (Å²) in [4.78, 5) is 24.7. The first-order chi connectivity index (χ1) is 9.04. The fraction of sp³-hybridized carbons (Fsp3) is 0.429. The van der Waals surface area contributed by atoms with Crippen LogP contribution in [0.3, 0.4) is 0 Å². The summed E-state index contributed by atoms with van der Waals surface area (Å²) >= 11 is 1.46. The van der Waals surface area contributed by atoms with Crippen molar-refractivity contribution in [3.63, 3.8) is 0 Å². The van der Waals surface area contributed by atoms with Gasteiger partial charge in [-0.15, -0.1) is 11.8 Å². The summed E-state index contributed by atoms with van der Waals surface area (Å²) in [5.41, 5.74) is 0.869. The molecule has 1 aromatic rings. The lowest BCUT2D eigenvalue weighted by Gasteiger charge is -2.18. The van der Waals surface area contributed by atoms with Gasteiger partial charge in [0.15, 0.2) is 0 Å². The molecule has 0 saturated carbocycles. The lowest BCUT2D eigenvalue weighted by molar-refractivity contribution is -0.140. The van der Waals surface area contributed by atoms with E-state index in [-0.39, 0.29) is 17.1 Å². The van der Waals surface area contributed by atoms with Crippen molar-refractivity contribution >= 4 is 29.3 Å². The number of esters is 1. The molecule has 0 aromatic heterocycles. The molecule has 5 heteroatoms. The Morgan fingerprint density at radius 3 is 2.53 bits per heavy atom. The van der Waals surface area contributed by atoms with E-state index in [1.807, 2.05) is 37.3 Å². The van der Waals surface area contributed by atoms with Crippen molar-refractivity contribution in [3.05, 3.63) is 30.3 Å². The molecule has 0 radical (unpaired) electrons. The van der Waals surface area contributed by atoms with E-state index < -0.39 is 0 Å². The summed E-state index contributed by atoms with van der Waals surface area (Å²) in [6.45, 7) is 1.91. The summed E-state index contributed by atoms with van der Waals surface area (Å²) in [7, 11) is 3.12. The third-order valence-corrected chi connectivity index (χ3v) is 3.84. The average molecular weight is 281 g/mol. The van der Waals surface area contributed by atoms with E-state index in [4.69, 9.17) is 0 Å². The fourth-order valence-electron chi connectivity index (χ4n) is 1.48. The molecule has 1 amide bonds. The van der Waals surface area contributed by atoms with Gasteiger partial charge in [0.2, 0.25) is 5.91 Å². The van der Waals surface area contributed by atoms with Gasteiger partial charge in [0, 0.05) is 18.0 Å². The van der Waals surface area contributed by atoms with Gasteiger partial charge in [0.1, 0.15) is 0 Å². The highest BCUT2D eigenvalue weighted by Gasteiger charge is 2.15. The number of thioether (sulfide) groups is 1. The maximum absolute atomic E-state index is 12.0.